The van der Waals surface area contributed by atoms with E-state index in [4.69, 9.17) is 16.7 Å². The minimum absolute atomic E-state index is 0.131. The van der Waals surface area contributed by atoms with Gasteiger partial charge in [0, 0.05) is 17.1 Å². The Morgan fingerprint density at radius 1 is 1.28 bits per heavy atom. The number of nitrogens with zero attached hydrogens (tertiary/aromatic N) is 2. The molecule has 0 bridgehead atoms. The SMILES string of the molecule is Cc1cc(CO)nc(Cc2ccc(F)cc2Cl)n1. The summed E-state index contributed by atoms with van der Waals surface area (Å²) in [5.41, 5.74) is 2.10. The number of rotatable bonds is 3. The number of hydrogen-bond acceptors (Lipinski definition) is 3. The summed E-state index contributed by atoms with van der Waals surface area (Å²) in [4.78, 5) is 8.46. The van der Waals surface area contributed by atoms with Gasteiger partial charge in [-0.3, -0.25) is 0 Å². The van der Waals surface area contributed by atoms with Gasteiger partial charge in [-0.25, -0.2) is 14.4 Å². The number of aromatic nitrogens is 2. The highest BCUT2D eigenvalue weighted by Gasteiger charge is 2.07. The molecule has 1 aromatic carbocycles. The number of aliphatic hydroxyl groups is 1. The molecule has 0 saturated carbocycles. The summed E-state index contributed by atoms with van der Waals surface area (Å²) in [6.07, 6.45) is 0.411. The zero-order chi connectivity index (χ0) is 13.1. The largest absolute Gasteiger partial charge is 0.390 e. The smallest absolute Gasteiger partial charge is 0.133 e. The minimum atomic E-state index is -0.370. The Bertz CT molecular complexity index is 575. The molecule has 0 radical (unpaired) electrons. The van der Waals surface area contributed by atoms with Gasteiger partial charge < -0.3 is 5.11 Å². The summed E-state index contributed by atoms with van der Waals surface area (Å²) in [7, 11) is 0. The molecule has 3 nitrogen and oxygen atoms in total. The lowest BCUT2D eigenvalue weighted by atomic mass is 10.1. The van der Waals surface area contributed by atoms with Crippen molar-refractivity contribution in [3.8, 4) is 0 Å². The van der Waals surface area contributed by atoms with Gasteiger partial charge in [-0.15, -0.1) is 0 Å². The van der Waals surface area contributed by atoms with Gasteiger partial charge in [-0.05, 0) is 30.7 Å². The second kappa shape index (κ2) is 5.42. The lowest BCUT2D eigenvalue weighted by molar-refractivity contribution is 0.276. The molecule has 2 rings (SSSR count). The Kier molecular flexibility index (Phi) is 3.89. The topological polar surface area (TPSA) is 46.0 Å². The number of aliphatic hydroxyl groups excluding tert-OH is 1. The van der Waals surface area contributed by atoms with Crippen molar-refractivity contribution in [3.63, 3.8) is 0 Å². The van der Waals surface area contributed by atoms with E-state index in [0.29, 0.717) is 23.0 Å². The highest BCUT2D eigenvalue weighted by atomic mass is 35.5. The van der Waals surface area contributed by atoms with Gasteiger partial charge >= 0.3 is 0 Å². The van der Waals surface area contributed by atoms with Gasteiger partial charge in [-0.2, -0.15) is 0 Å². The maximum Gasteiger partial charge on any atom is 0.133 e. The van der Waals surface area contributed by atoms with Crippen LogP contribution in [0.2, 0.25) is 5.02 Å². The summed E-state index contributed by atoms with van der Waals surface area (Å²) in [6.45, 7) is 1.70. The van der Waals surface area contributed by atoms with Gasteiger partial charge in [0.15, 0.2) is 0 Å². The molecule has 0 saturated heterocycles. The van der Waals surface area contributed by atoms with Crippen molar-refractivity contribution in [2.24, 2.45) is 0 Å². The third kappa shape index (κ3) is 3.03. The molecule has 1 N–H and O–H groups in total. The fourth-order valence-corrected chi connectivity index (χ4v) is 1.93. The molecule has 1 aromatic heterocycles. The molecule has 5 heteroatoms. The second-order valence-corrected chi connectivity index (χ2v) is 4.39. The van der Waals surface area contributed by atoms with E-state index in [0.717, 1.165) is 11.3 Å². The molecule has 0 aliphatic rings. The van der Waals surface area contributed by atoms with Gasteiger partial charge in [0.1, 0.15) is 11.6 Å². The maximum absolute atomic E-state index is 12.9. The van der Waals surface area contributed by atoms with Crippen molar-refractivity contribution in [2.45, 2.75) is 20.0 Å². The average Bonchev–Trinajstić information content (AvgIpc) is 2.32. The molecular weight excluding hydrogens is 255 g/mol. The standard InChI is InChI=1S/C13H12ClFN2O/c1-8-4-11(7-18)17-13(16-8)5-9-2-3-10(15)6-12(9)14/h2-4,6,18H,5,7H2,1H3. The van der Waals surface area contributed by atoms with Crippen LogP contribution in [0.15, 0.2) is 24.3 Å². The molecule has 1 heterocycles. The molecule has 2 aromatic rings. The fraction of sp³-hybridized carbons (Fsp3) is 0.231. The van der Waals surface area contributed by atoms with E-state index in [2.05, 4.69) is 9.97 Å². The van der Waals surface area contributed by atoms with Crippen molar-refractivity contribution in [1.82, 2.24) is 9.97 Å². The summed E-state index contributed by atoms with van der Waals surface area (Å²) < 4.78 is 12.9. The quantitative estimate of drug-likeness (QED) is 0.929. The van der Waals surface area contributed by atoms with Crippen LogP contribution < -0.4 is 0 Å². The molecule has 0 aliphatic carbocycles. The van der Waals surface area contributed by atoms with E-state index in [1.165, 1.54) is 12.1 Å². The van der Waals surface area contributed by atoms with Crippen LogP contribution in [-0.2, 0) is 13.0 Å². The second-order valence-electron chi connectivity index (χ2n) is 3.99. The van der Waals surface area contributed by atoms with E-state index in [-0.39, 0.29) is 12.4 Å². The van der Waals surface area contributed by atoms with Crippen molar-refractivity contribution >= 4 is 11.6 Å². The van der Waals surface area contributed by atoms with Gasteiger partial charge in [0.05, 0.1) is 12.3 Å². The number of hydrogen-bond donors (Lipinski definition) is 1. The average molecular weight is 267 g/mol. The first-order valence-corrected chi connectivity index (χ1v) is 5.84. The predicted octanol–water partition coefficient (Wildman–Crippen LogP) is 2.66. The van der Waals surface area contributed by atoms with Crippen molar-refractivity contribution < 1.29 is 9.50 Å². The van der Waals surface area contributed by atoms with Crippen LogP contribution in [0.5, 0.6) is 0 Å². The molecule has 18 heavy (non-hydrogen) atoms. The van der Waals surface area contributed by atoms with Crippen molar-refractivity contribution in [1.29, 1.82) is 0 Å². The first-order chi connectivity index (χ1) is 8.58. The Hall–Kier alpha value is -1.52. The summed E-state index contributed by atoms with van der Waals surface area (Å²) >= 11 is 5.95. The van der Waals surface area contributed by atoms with Crippen LogP contribution in [-0.4, -0.2) is 15.1 Å². The van der Waals surface area contributed by atoms with Crippen LogP contribution in [0.4, 0.5) is 4.39 Å². The maximum atomic E-state index is 12.9. The van der Waals surface area contributed by atoms with Crippen molar-refractivity contribution in [3.05, 3.63) is 57.9 Å². The molecule has 0 fully saturated rings. The Labute approximate surface area is 109 Å². The van der Waals surface area contributed by atoms with Crippen LogP contribution in [0.1, 0.15) is 22.8 Å². The van der Waals surface area contributed by atoms with E-state index in [1.807, 2.05) is 6.92 Å². The van der Waals surface area contributed by atoms with Crippen LogP contribution in [0.3, 0.4) is 0 Å². The Morgan fingerprint density at radius 2 is 2.06 bits per heavy atom. The summed E-state index contributed by atoms with van der Waals surface area (Å²) in [6, 6.07) is 5.95. The third-order valence-electron chi connectivity index (χ3n) is 2.48. The zero-order valence-electron chi connectivity index (χ0n) is 9.82. The molecule has 0 atom stereocenters. The molecule has 0 spiro atoms. The van der Waals surface area contributed by atoms with E-state index < -0.39 is 0 Å². The fourth-order valence-electron chi connectivity index (χ4n) is 1.70. The highest BCUT2D eigenvalue weighted by Crippen LogP contribution is 2.19. The highest BCUT2D eigenvalue weighted by molar-refractivity contribution is 6.31. The lowest BCUT2D eigenvalue weighted by Gasteiger charge is -2.06. The van der Waals surface area contributed by atoms with Crippen LogP contribution in [0.25, 0.3) is 0 Å². The molecular formula is C13H12ClFN2O. The van der Waals surface area contributed by atoms with E-state index in [9.17, 15) is 4.39 Å². The zero-order valence-corrected chi connectivity index (χ0v) is 10.6. The predicted molar refractivity (Wildman–Crippen MR) is 66.9 cm³/mol. The summed E-state index contributed by atoms with van der Waals surface area (Å²) in [5.74, 6) is 0.192. The van der Waals surface area contributed by atoms with Crippen LogP contribution >= 0.6 is 11.6 Å². The lowest BCUT2D eigenvalue weighted by Crippen LogP contribution is -2.03. The normalized spacial score (nSPS) is 10.7. The molecule has 0 amide bonds. The molecule has 0 aliphatic heterocycles. The van der Waals surface area contributed by atoms with Gasteiger partial charge in [0.2, 0.25) is 0 Å². The van der Waals surface area contributed by atoms with E-state index >= 15 is 0 Å². The number of aryl methyl sites for hydroxylation is 1. The first kappa shape index (κ1) is 12.9. The molecule has 0 unspecified atom stereocenters. The molecule has 94 valence electrons. The minimum Gasteiger partial charge on any atom is -0.390 e. The van der Waals surface area contributed by atoms with Gasteiger partial charge in [0.25, 0.3) is 0 Å². The number of halogens is 2. The van der Waals surface area contributed by atoms with E-state index in [1.54, 1.807) is 12.1 Å². The Balaban J connectivity index is 2.30. The first-order valence-electron chi connectivity index (χ1n) is 5.46. The Morgan fingerprint density at radius 3 is 2.72 bits per heavy atom. The monoisotopic (exact) mass is 266 g/mol. The van der Waals surface area contributed by atoms with Gasteiger partial charge in [-0.1, -0.05) is 17.7 Å². The van der Waals surface area contributed by atoms with Crippen LogP contribution in [0, 0.1) is 12.7 Å². The summed E-state index contributed by atoms with van der Waals surface area (Å²) in [5, 5.41) is 9.43. The number of benzene rings is 1. The third-order valence-corrected chi connectivity index (χ3v) is 2.83. The van der Waals surface area contributed by atoms with Crippen molar-refractivity contribution in [2.75, 3.05) is 0 Å².